The van der Waals surface area contributed by atoms with Crippen LogP contribution in [0.2, 0.25) is 0 Å². The Balaban J connectivity index is 2.07. The third kappa shape index (κ3) is 4.11. The molecule has 0 aliphatic carbocycles. The molecule has 1 aliphatic rings. The number of hydrogen-bond acceptors (Lipinski definition) is 5. The minimum Gasteiger partial charge on any atom is -0.435 e. The van der Waals surface area contributed by atoms with E-state index in [9.17, 15) is 13.6 Å². The molecule has 1 unspecified atom stereocenters. The Bertz CT molecular complexity index is 1010. The van der Waals surface area contributed by atoms with Crippen LogP contribution in [0.5, 0.6) is 5.75 Å². The second-order valence-corrected chi connectivity index (χ2v) is 6.66. The number of ether oxygens (including phenoxy) is 1. The van der Waals surface area contributed by atoms with E-state index in [1.54, 1.807) is 24.3 Å². The smallest absolute Gasteiger partial charge is 0.387 e. The Morgan fingerprint density at radius 1 is 1.23 bits per heavy atom. The predicted molar refractivity (Wildman–Crippen MR) is 108 cm³/mol. The highest BCUT2D eigenvalue weighted by Gasteiger charge is 2.49. The summed E-state index contributed by atoms with van der Waals surface area (Å²) in [4.78, 5) is 18.9. The van der Waals surface area contributed by atoms with E-state index in [1.165, 1.54) is 36.2 Å². The van der Waals surface area contributed by atoms with Crippen molar-refractivity contribution in [3.8, 4) is 17.6 Å². The topological polar surface area (TPSA) is 88.2 Å². The summed E-state index contributed by atoms with van der Waals surface area (Å²) in [5.74, 6) is 5.64. The number of amides is 1. The van der Waals surface area contributed by atoms with Crippen LogP contribution in [0.15, 0.2) is 53.5 Å². The SMILES string of the molecule is CN1C(=O)C(c2ccc(OC(F)F)cc2)(c2cccc(C#CCCCO)c2)N=C1N. The first-order chi connectivity index (χ1) is 14.4. The van der Waals surface area contributed by atoms with Gasteiger partial charge < -0.3 is 15.6 Å². The number of likely N-dealkylation sites (N-methyl/N-ethyl adjacent to an activating group) is 1. The molecule has 1 aliphatic heterocycles. The number of nitrogens with zero attached hydrogens (tertiary/aromatic N) is 2. The first-order valence-electron chi connectivity index (χ1n) is 9.27. The Hall–Kier alpha value is -3.44. The number of rotatable bonds is 6. The van der Waals surface area contributed by atoms with E-state index in [0.29, 0.717) is 29.5 Å². The van der Waals surface area contributed by atoms with Crippen molar-refractivity contribution in [2.75, 3.05) is 13.7 Å². The first-order valence-corrected chi connectivity index (χ1v) is 9.27. The number of nitrogens with two attached hydrogens (primary N) is 1. The highest BCUT2D eigenvalue weighted by molar-refractivity contribution is 6.08. The molecule has 156 valence electrons. The third-order valence-electron chi connectivity index (χ3n) is 4.71. The van der Waals surface area contributed by atoms with Gasteiger partial charge in [0.2, 0.25) is 0 Å². The molecule has 30 heavy (non-hydrogen) atoms. The van der Waals surface area contributed by atoms with Crippen LogP contribution < -0.4 is 10.5 Å². The van der Waals surface area contributed by atoms with Crippen molar-refractivity contribution in [2.24, 2.45) is 10.7 Å². The van der Waals surface area contributed by atoms with Gasteiger partial charge in [0.25, 0.3) is 5.91 Å². The number of aliphatic hydroxyl groups excluding tert-OH is 1. The molecule has 0 spiro atoms. The summed E-state index contributed by atoms with van der Waals surface area (Å²) in [6.07, 6.45) is 1.12. The zero-order valence-electron chi connectivity index (χ0n) is 16.3. The molecule has 3 N–H and O–H groups in total. The van der Waals surface area contributed by atoms with Gasteiger partial charge in [-0.2, -0.15) is 8.78 Å². The minimum absolute atomic E-state index is 0.0249. The van der Waals surface area contributed by atoms with Gasteiger partial charge in [-0.1, -0.05) is 36.1 Å². The van der Waals surface area contributed by atoms with Crippen LogP contribution in [-0.2, 0) is 10.3 Å². The van der Waals surface area contributed by atoms with Crippen molar-refractivity contribution in [2.45, 2.75) is 25.0 Å². The number of carbonyl (C=O) groups excluding carboxylic acids is 1. The summed E-state index contributed by atoms with van der Waals surface area (Å²) in [6, 6.07) is 12.8. The maximum absolute atomic E-state index is 13.2. The lowest BCUT2D eigenvalue weighted by Gasteiger charge is -2.26. The van der Waals surface area contributed by atoms with Gasteiger partial charge in [-0.25, -0.2) is 4.99 Å². The molecule has 2 aromatic carbocycles. The standard InChI is InChI=1S/C22H21F2N3O3/c1-27-19(29)22(26-21(27)25,16-9-11-18(12-10-16)30-20(23)24)17-8-5-7-15(14-17)6-3-2-4-13-28/h5,7-12,14,20,28H,2,4,13H2,1H3,(H2,25,26). The summed E-state index contributed by atoms with van der Waals surface area (Å²) in [5, 5.41) is 8.87. The molecule has 0 aromatic heterocycles. The van der Waals surface area contributed by atoms with Gasteiger partial charge in [-0.15, -0.1) is 0 Å². The fourth-order valence-corrected chi connectivity index (χ4v) is 3.22. The number of aliphatic hydroxyl groups is 1. The molecule has 0 bridgehead atoms. The molecule has 0 saturated heterocycles. The fourth-order valence-electron chi connectivity index (χ4n) is 3.22. The molecule has 6 nitrogen and oxygen atoms in total. The van der Waals surface area contributed by atoms with Crippen LogP contribution in [0.1, 0.15) is 29.5 Å². The van der Waals surface area contributed by atoms with Crippen LogP contribution in [0.3, 0.4) is 0 Å². The highest BCUT2D eigenvalue weighted by atomic mass is 19.3. The van der Waals surface area contributed by atoms with Crippen LogP contribution >= 0.6 is 0 Å². The molecule has 0 saturated carbocycles. The van der Waals surface area contributed by atoms with Crippen molar-refractivity contribution in [3.05, 3.63) is 65.2 Å². The molecule has 0 radical (unpaired) electrons. The monoisotopic (exact) mass is 413 g/mol. The molecule has 3 rings (SSSR count). The molecule has 1 amide bonds. The van der Waals surface area contributed by atoms with Crippen molar-refractivity contribution >= 4 is 11.9 Å². The van der Waals surface area contributed by atoms with Gasteiger partial charge in [-0.3, -0.25) is 9.69 Å². The molecule has 8 heteroatoms. The average molecular weight is 413 g/mol. The Morgan fingerprint density at radius 3 is 2.57 bits per heavy atom. The number of carbonyl (C=O) groups is 1. The quantitative estimate of drug-likeness (QED) is 0.563. The van der Waals surface area contributed by atoms with E-state index in [1.807, 2.05) is 0 Å². The highest BCUT2D eigenvalue weighted by Crippen LogP contribution is 2.40. The van der Waals surface area contributed by atoms with E-state index in [-0.39, 0.29) is 24.2 Å². The number of guanidine groups is 1. The average Bonchev–Trinajstić information content (AvgIpc) is 2.96. The Morgan fingerprint density at radius 2 is 1.97 bits per heavy atom. The first kappa shape index (κ1) is 21.3. The molecule has 1 heterocycles. The summed E-state index contributed by atoms with van der Waals surface area (Å²) < 4.78 is 29.3. The minimum atomic E-state index is -2.95. The lowest BCUT2D eigenvalue weighted by atomic mass is 9.82. The normalized spacial score (nSPS) is 18.2. The number of halogens is 2. The number of aliphatic imine (C=N–C) groups is 1. The summed E-state index contributed by atoms with van der Waals surface area (Å²) in [6.45, 7) is -2.88. The van der Waals surface area contributed by atoms with Crippen LogP contribution in [0.25, 0.3) is 0 Å². The summed E-state index contributed by atoms with van der Waals surface area (Å²) in [7, 11) is 1.52. The summed E-state index contributed by atoms with van der Waals surface area (Å²) in [5.41, 5.74) is 6.19. The predicted octanol–water partition coefficient (Wildman–Crippen LogP) is 2.44. The lowest BCUT2D eigenvalue weighted by Crippen LogP contribution is -2.41. The van der Waals surface area contributed by atoms with Crippen molar-refractivity contribution in [1.29, 1.82) is 0 Å². The maximum Gasteiger partial charge on any atom is 0.387 e. The lowest BCUT2D eigenvalue weighted by molar-refractivity contribution is -0.129. The number of hydrogen-bond donors (Lipinski definition) is 2. The van der Waals surface area contributed by atoms with Crippen LogP contribution in [0.4, 0.5) is 8.78 Å². The van der Waals surface area contributed by atoms with E-state index in [4.69, 9.17) is 10.8 Å². The van der Waals surface area contributed by atoms with Gasteiger partial charge >= 0.3 is 6.61 Å². The Kier molecular flexibility index (Phi) is 6.33. The van der Waals surface area contributed by atoms with Crippen molar-refractivity contribution in [1.82, 2.24) is 4.90 Å². The second kappa shape index (κ2) is 8.93. The number of alkyl halides is 2. The van der Waals surface area contributed by atoms with E-state index in [0.717, 1.165) is 0 Å². The van der Waals surface area contributed by atoms with Crippen molar-refractivity contribution in [3.63, 3.8) is 0 Å². The zero-order valence-corrected chi connectivity index (χ0v) is 16.3. The second-order valence-electron chi connectivity index (χ2n) is 6.66. The third-order valence-corrected chi connectivity index (χ3v) is 4.71. The van der Waals surface area contributed by atoms with E-state index in [2.05, 4.69) is 21.6 Å². The molecule has 0 fully saturated rings. The Labute approximate surface area is 173 Å². The molecular weight excluding hydrogens is 392 g/mol. The molecule has 2 aromatic rings. The van der Waals surface area contributed by atoms with Gasteiger partial charge in [0.15, 0.2) is 11.5 Å². The maximum atomic E-state index is 13.2. The number of unbranched alkanes of at least 4 members (excludes halogenated alkanes) is 1. The van der Waals surface area contributed by atoms with Crippen molar-refractivity contribution < 1.29 is 23.4 Å². The summed E-state index contributed by atoms with van der Waals surface area (Å²) >= 11 is 0. The van der Waals surface area contributed by atoms with Gasteiger partial charge in [-0.05, 0) is 41.8 Å². The van der Waals surface area contributed by atoms with Gasteiger partial charge in [0.05, 0.1) is 0 Å². The number of benzene rings is 2. The van der Waals surface area contributed by atoms with E-state index >= 15 is 0 Å². The van der Waals surface area contributed by atoms with Gasteiger partial charge in [0, 0.05) is 25.6 Å². The van der Waals surface area contributed by atoms with E-state index < -0.39 is 12.2 Å². The van der Waals surface area contributed by atoms with Gasteiger partial charge in [0.1, 0.15) is 5.75 Å². The fraction of sp³-hybridized carbons (Fsp3) is 0.273. The molecular formula is C22H21F2N3O3. The van der Waals surface area contributed by atoms with Crippen LogP contribution in [-0.4, -0.2) is 42.1 Å². The van der Waals surface area contributed by atoms with Crippen LogP contribution in [0, 0.1) is 11.8 Å². The zero-order chi connectivity index (χ0) is 21.7. The largest absolute Gasteiger partial charge is 0.435 e. The molecule has 1 atom stereocenters.